The summed E-state index contributed by atoms with van der Waals surface area (Å²) in [4.78, 5) is 17.7. The van der Waals surface area contributed by atoms with Gasteiger partial charge in [0.2, 0.25) is 0 Å². The van der Waals surface area contributed by atoms with Crippen LogP contribution in [0.15, 0.2) is 10.9 Å². The predicted molar refractivity (Wildman–Crippen MR) is 51.8 cm³/mol. The summed E-state index contributed by atoms with van der Waals surface area (Å²) in [6, 6.07) is 0.384. The molecular formula is C9H12N2OS. The number of rotatable bonds is 1. The van der Waals surface area contributed by atoms with Crippen molar-refractivity contribution in [1.29, 1.82) is 0 Å². The average Bonchev–Trinajstić information content (AvgIpc) is 2.72. The number of nitrogens with zero attached hydrogens (tertiary/aromatic N) is 2. The first-order chi connectivity index (χ1) is 6.29. The molecule has 0 N–H and O–H groups in total. The van der Waals surface area contributed by atoms with Gasteiger partial charge in [-0.05, 0) is 19.8 Å². The number of thiazole rings is 1. The van der Waals surface area contributed by atoms with Crippen LogP contribution in [-0.4, -0.2) is 28.4 Å². The lowest BCUT2D eigenvalue weighted by atomic mass is 10.2. The fourth-order valence-electron chi connectivity index (χ4n) is 1.70. The number of aromatic nitrogens is 1. The van der Waals surface area contributed by atoms with Gasteiger partial charge in [0.25, 0.3) is 5.91 Å². The fraction of sp³-hybridized carbons (Fsp3) is 0.556. The predicted octanol–water partition coefficient (Wildman–Crippen LogP) is 1.77. The molecule has 0 unspecified atom stereocenters. The Morgan fingerprint density at radius 2 is 2.62 bits per heavy atom. The Labute approximate surface area is 81.4 Å². The lowest BCUT2D eigenvalue weighted by Crippen LogP contribution is -2.33. The van der Waals surface area contributed by atoms with Crippen LogP contribution in [-0.2, 0) is 0 Å². The summed E-state index contributed by atoms with van der Waals surface area (Å²) >= 11 is 1.47. The second-order valence-electron chi connectivity index (χ2n) is 3.36. The van der Waals surface area contributed by atoms with Crippen LogP contribution in [0, 0.1) is 0 Å². The monoisotopic (exact) mass is 196 g/mol. The van der Waals surface area contributed by atoms with Crippen molar-refractivity contribution in [3.05, 3.63) is 16.6 Å². The molecule has 1 saturated heterocycles. The van der Waals surface area contributed by atoms with Crippen LogP contribution < -0.4 is 0 Å². The Balaban J connectivity index is 2.13. The van der Waals surface area contributed by atoms with Crippen LogP contribution in [0.25, 0.3) is 0 Å². The van der Waals surface area contributed by atoms with Crippen LogP contribution >= 0.6 is 11.3 Å². The van der Waals surface area contributed by atoms with Gasteiger partial charge in [0, 0.05) is 18.0 Å². The Morgan fingerprint density at radius 3 is 3.15 bits per heavy atom. The second-order valence-corrected chi connectivity index (χ2v) is 4.08. The van der Waals surface area contributed by atoms with Crippen molar-refractivity contribution in [1.82, 2.24) is 9.88 Å². The highest BCUT2D eigenvalue weighted by Gasteiger charge is 2.26. The van der Waals surface area contributed by atoms with Gasteiger partial charge in [-0.1, -0.05) is 0 Å². The SMILES string of the molecule is C[C@H]1CCCN1C(=O)c1cscn1. The first kappa shape index (κ1) is 8.69. The minimum Gasteiger partial charge on any atom is -0.335 e. The van der Waals surface area contributed by atoms with Gasteiger partial charge in [-0.15, -0.1) is 11.3 Å². The van der Waals surface area contributed by atoms with Gasteiger partial charge in [-0.2, -0.15) is 0 Å². The second kappa shape index (κ2) is 3.46. The van der Waals surface area contributed by atoms with Gasteiger partial charge in [0.05, 0.1) is 5.51 Å². The number of amides is 1. The van der Waals surface area contributed by atoms with E-state index in [-0.39, 0.29) is 5.91 Å². The van der Waals surface area contributed by atoms with Crippen LogP contribution in [0.4, 0.5) is 0 Å². The summed E-state index contributed by atoms with van der Waals surface area (Å²) < 4.78 is 0. The van der Waals surface area contributed by atoms with Gasteiger partial charge in [-0.3, -0.25) is 4.79 Å². The van der Waals surface area contributed by atoms with Crippen molar-refractivity contribution in [2.75, 3.05) is 6.54 Å². The molecule has 1 aromatic rings. The molecule has 1 aliphatic rings. The largest absolute Gasteiger partial charge is 0.335 e. The molecule has 1 fully saturated rings. The number of likely N-dealkylation sites (tertiary alicyclic amines) is 1. The van der Waals surface area contributed by atoms with Crippen molar-refractivity contribution in [3.8, 4) is 0 Å². The number of carbonyl (C=O) groups excluding carboxylic acids is 1. The zero-order chi connectivity index (χ0) is 9.26. The van der Waals surface area contributed by atoms with Crippen molar-refractivity contribution in [2.24, 2.45) is 0 Å². The van der Waals surface area contributed by atoms with Gasteiger partial charge >= 0.3 is 0 Å². The molecule has 13 heavy (non-hydrogen) atoms. The molecule has 2 rings (SSSR count). The standard InChI is InChI=1S/C9H12N2OS/c1-7-3-2-4-11(7)9(12)8-5-13-6-10-8/h5-7H,2-4H2,1H3/t7-/m0/s1. The molecule has 0 aromatic carbocycles. The molecule has 4 heteroatoms. The van der Waals surface area contributed by atoms with Crippen molar-refractivity contribution in [2.45, 2.75) is 25.8 Å². The highest BCUT2D eigenvalue weighted by molar-refractivity contribution is 7.07. The lowest BCUT2D eigenvalue weighted by molar-refractivity contribution is 0.0742. The summed E-state index contributed by atoms with van der Waals surface area (Å²) in [5.41, 5.74) is 2.30. The van der Waals surface area contributed by atoms with Crippen LogP contribution in [0.2, 0.25) is 0 Å². The Morgan fingerprint density at radius 1 is 1.77 bits per heavy atom. The third-order valence-corrected chi connectivity index (χ3v) is 3.05. The zero-order valence-electron chi connectivity index (χ0n) is 7.56. The molecular weight excluding hydrogens is 184 g/mol. The molecule has 1 aromatic heterocycles. The molecule has 0 spiro atoms. The van der Waals surface area contributed by atoms with Crippen molar-refractivity contribution < 1.29 is 4.79 Å². The molecule has 0 radical (unpaired) electrons. The van der Waals surface area contributed by atoms with E-state index in [1.807, 2.05) is 10.3 Å². The topological polar surface area (TPSA) is 33.2 Å². The number of carbonyl (C=O) groups is 1. The summed E-state index contributed by atoms with van der Waals surface area (Å²) in [5, 5.41) is 1.81. The minimum absolute atomic E-state index is 0.0891. The molecule has 0 saturated carbocycles. The Kier molecular flexibility index (Phi) is 2.31. The molecule has 0 bridgehead atoms. The average molecular weight is 196 g/mol. The molecule has 70 valence electrons. The molecule has 1 aliphatic heterocycles. The van der Waals surface area contributed by atoms with Crippen molar-refractivity contribution >= 4 is 17.2 Å². The number of hydrogen-bond donors (Lipinski definition) is 0. The summed E-state index contributed by atoms with van der Waals surface area (Å²) in [5.74, 6) is 0.0891. The zero-order valence-corrected chi connectivity index (χ0v) is 8.38. The van der Waals surface area contributed by atoms with E-state index >= 15 is 0 Å². The molecule has 1 atom stereocenters. The summed E-state index contributed by atoms with van der Waals surface area (Å²) in [7, 11) is 0. The van der Waals surface area contributed by atoms with Gasteiger partial charge in [-0.25, -0.2) is 4.98 Å². The van der Waals surface area contributed by atoms with Crippen LogP contribution in [0.5, 0.6) is 0 Å². The van der Waals surface area contributed by atoms with E-state index in [4.69, 9.17) is 0 Å². The first-order valence-electron chi connectivity index (χ1n) is 4.48. The van der Waals surface area contributed by atoms with Gasteiger partial charge in [0.1, 0.15) is 5.69 Å². The smallest absolute Gasteiger partial charge is 0.273 e. The van der Waals surface area contributed by atoms with E-state index in [1.165, 1.54) is 11.3 Å². The Hall–Kier alpha value is -0.900. The Bertz CT molecular complexity index is 297. The summed E-state index contributed by atoms with van der Waals surface area (Å²) in [6.07, 6.45) is 2.24. The fourth-order valence-corrected chi connectivity index (χ4v) is 2.23. The van der Waals surface area contributed by atoms with E-state index in [0.29, 0.717) is 11.7 Å². The van der Waals surface area contributed by atoms with E-state index in [9.17, 15) is 4.79 Å². The molecule has 3 nitrogen and oxygen atoms in total. The summed E-state index contributed by atoms with van der Waals surface area (Å²) in [6.45, 7) is 2.98. The minimum atomic E-state index is 0.0891. The van der Waals surface area contributed by atoms with E-state index in [2.05, 4.69) is 11.9 Å². The molecule has 1 amide bonds. The quantitative estimate of drug-likeness (QED) is 0.685. The van der Waals surface area contributed by atoms with E-state index in [0.717, 1.165) is 19.4 Å². The van der Waals surface area contributed by atoms with Crippen molar-refractivity contribution in [3.63, 3.8) is 0 Å². The first-order valence-corrected chi connectivity index (χ1v) is 5.42. The number of hydrogen-bond acceptors (Lipinski definition) is 3. The normalized spacial score (nSPS) is 22.2. The van der Waals surface area contributed by atoms with Crippen LogP contribution in [0.1, 0.15) is 30.3 Å². The lowest BCUT2D eigenvalue weighted by Gasteiger charge is -2.19. The van der Waals surface area contributed by atoms with E-state index < -0.39 is 0 Å². The maximum Gasteiger partial charge on any atom is 0.273 e. The molecule has 2 heterocycles. The maximum absolute atomic E-state index is 11.8. The molecule has 0 aliphatic carbocycles. The third-order valence-electron chi connectivity index (χ3n) is 2.47. The van der Waals surface area contributed by atoms with Gasteiger partial charge in [0.15, 0.2) is 0 Å². The highest BCUT2D eigenvalue weighted by Crippen LogP contribution is 2.19. The van der Waals surface area contributed by atoms with E-state index in [1.54, 1.807) is 5.51 Å². The van der Waals surface area contributed by atoms with Gasteiger partial charge < -0.3 is 4.90 Å². The van der Waals surface area contributed by atoms with Crippen LogP contribution in [0.3, 0.4) is 0 Å². The third kappa shape index (κ3) is 1.58. The maximum atomic E-state index is 11.8. The highest BCUT2D eigenvalue weighted by atomic mass is 32.1.